The molecule has 0 aliphatic heterocycles. The summed E-state index contributed by atoms with van der Waals surface area (Å²) >= 11 is 0. The fourth-order valence-corrected chi connectivity index (χ4v) is 4.64. The molecule has 178 valence electrons. The van der Waals surface area contributed by atoms with Gasteiger partial charge in [0.05, 0.1) is 26.2 Å². The average molecular weight is 459 g/mol. The lowest BCUT2D eigenvalue weighted by atomic mass is 9.87. The maximum atomic E-state index is 11.7. The second-order valence-electron chi connectivity index (χ2n) is 8.37. The molecule has 1 aromatic heterocycles. The second-order valence-corrected chi connectivity index (χ2v) is 8.37. The van der Waals surface area contributed by atoms with Gasteiger partial charge in [0, 0.05) is 31.0 Å². The lowest BCUT2D eigenvalue weighted by Gasteiger charge is -2.43. The van der Waals surface area contributed by atoms with E-state index < -0.39 is 31.0 Å². The first-order valence-electron chi connectivity index (χ1n) is 11.0. The van der Waals surface area contributed by atoms with E-state index in [9.17, 15) is 29.7 Å². The van der Waals surface area contributed by atoms with Gasteiger partial charge in [0.2, 0.25) is 0 Å². The quantitative estimate of drug-likeness (QED) is 0.433. The summed E-state index contributed by atoms with van der Waals surface area (Å²) in [5.74, 6) is -2.51. The van der Waals surface area contributed by atoms with Crippen LogP contribution in [0, 0.1) is 0 Å². The van der Waals surface area contributed by atoms with Crippen LogP contribution in [0.4, 0.5) is 0 Å². The molecule has 0 amide bonds. The predicted molar refractivity (Wildman–Crippen MR) is 119 cm³/mol. The van der Waals surface area contributed by atoms with Gasteiger partial charge in [-0.1, -0.05) is 43.2 Å². The number of aromatic nitrogens is 2. The maximum absolute atomic E-state index is 11.7. The van der Waals surface area contributed by atoms with Crippen LogP contribution in [-0.4, -0.2) is 84.3 Å². The zero-order chi connectivity index (χ0) is 23.8. The third-order valence-corrected chi connectivity index (χ3v) is 5.99. The van der Waals surface area contributed by atoms with Gasteiger partial charge < -0.3 is 19.9 Å². The van der Waals surface area contributed by atoms with Gasteiger partial charge in [-0.25, -0.2) is 4.98 Å². The highest BCUT2D eigenvalue weighted by Gasteiger charge is 2.37. The minimum absolute atomic E-state index is 0.243. The Morgan fingerprint density at radius 2 is 1.42 bits per heavy atom. The van der Waals surface area contributed by atoms with Crippen LogP contribution in [0.25, 0.3) is 0 Å². The molecule has 10 nitrogen and oxygen atoms in total. The van der Waals surface area contributed by atoms with Gasteiger partial charge >= 0.3 is 17.9 Å². The van der Waals surface area contributed by atoms with E-state index in [0.29, 0.717) is 25.2 Å². The van der Waals surface area contributed by atoms with Crippen LogP contribution in [-0.2, 0) is 27.5 Å². The molecule has 0 bridgehead atoms. The third kappa shape index (κ3) is 7.13. The topological polar surface area (TPSA) is 136 Å². The molecule has 1 unspecified atom stereocenters. The van der Waals surface area contributed by atoms with Gasteiger partial charge in [-0.15, -0.1) is 0 Å². The molecule has 3 rings (SSSR count). The number of imidazole rings is 1. The van der Waals surface area contributed by atoms with Crippen molar-refractivity contribution in [2.24, 2.45) is 0 Å². The van der Waals surface area contributed by atoms with Crippen LogP contribution in [0.15, 0.2) is 42.7 Å². The second kappa shape index (κ2) is 11.6. The van der Waals surface area contributed by atoms with E-state index in [0.717, 1.165) is 18.4 Å². The molecule has 1 aromatic carbocycles. The van der Waals surface area contributed by atoms with Crippen LogP contribution < -0.4 is 0 Å². The number of aliphatic carboxylic acids is 3. The molecule has 1 saturated carbocycles. The fourth-order valence-electron chi connectivity index (χ4n) is 4.64. The molecule has 1 heterocycles. The molecule has 3 N–H and O–H groups in total. The summed E-state index contributed by atoms with van der Waals surface area (Å²) in [6.45, 7) is -0.196. The maximum Gasteiger partial charge on any atom is 0.317 e. The number of carboxylic acids is 3. The van der Waals surface area contributed by atoms with Crippen molar-refractivity contribution in [3.63, 3.8) is 0 Å². The van der Waals surface area contributed by atoms with E-state index in [2.05, 4.69) is 4.98 Å². The fraction of sp³-hybridized carbons (Fsp3) is 0.478. The normalized spacial score (nSPS) is 18.5. The summed E-state index contributed by atoms with van der Waals surface area (Å²) in [4.78, 5) is 42.2. The lowest BCUT2D eigenvalue weighted by molar-refractivity contribution is -0.146. The van der Waals surface area contributed by atoms with Crippen molar-refractivity contribution in [2.75, 3.05) is 19.6 Å². The van der Waals surface area contributed by atoms with Gasteiger partial charge in [0.25, 0.3) is 0 Å². The predicted octanol–water partition coefficient (Wildman–Crippen LogP) is 1.60. The monoisotopic (exact) mass is 458 g/mol. The van der Waals surface area contributed by atoms with Crippen molar-refractivity contribution in [1.82, 2.24) is 19.4 Å². The van der Waals surface area contributed by atoms with E-state index >= 15 is 0 Å². The molecule has 2 aromatic rings. The van der Waals surface area contributed by atoms with Crippen LogP contribution in [0.1, 0.15) is 37.1 Å². The Morgan fingerprint density at radius 1 is 0.879 bits per heavy atom. The Hall–Kier alpha value is -3.24. The molecule has 1 aliphatic rings. The third-order valence-electron chi connectivity index (χ3n) is 5.99. The van der Waals surface area contributed by atoms with Crippen LogP contribution in [0.3, 0.4) is 0 Å². The first-order chi connectivity index (χ1) is 15.8. The number of hydrogen-bond acceptors (Lipinski definition) is 6. The molecule has 1 aliphatic carbocycles. The Bertz CT molecular complexity index is 931. The summed E-state index contributed by atoms with van der Waals surface area (Å²) in [7, 11) is 0. The summed E-state index contributed by atoms with van der Waals surface area (Å²) in [6.07, 6.45) is 6.49. The minimum Gasteiger partial charge on any atom is -0.480 e. The van der Waals surface area contributed by atoms with E-state index in [1.165, 1.54) is 4.90 Å². The number of rotatable bonds is 12. The van der Waals surface area contributed by atoms with Gasteiger partial charge in [-0.2, -0.15) is 0 Å². The molecule has 0 radical (unpaired) electrons. The van der Waals surface area contributed by atoms with Gasteiger partial charge in [0.1, 0.15) is 5.82 Å². The summed E-state index contributed by atoms with van der Waals surface area (Å²) < 4.78 is 1.97. The van der Waals surface area contributed by atoms with E-state index in [1.54, 1.807) is 11.1 Å². The highest BCUT2D eigenvalue weighted by molar-refractivity contribution is 5.72. The zero-order valence-electron chi connectivity index (χ0n) is 18.4. The van der Waals surface area contributed by atoms with Crippen LogP contribution in [0.2, 0.25) is 0 Å². The van der Waals surface area contributed by atoms with Crippen molar-refractivity contribution in [3.05, 3.63) is 54.1 Å². The van der Waals surface area contributed by atoms with E-state index in [4.69, 9.17) is 0 Å². The van der Waals surface area contributed by atoms with Gasteiger partial charge in [0.15, 0.2) is 0 Å². The summed E-state index contributed by atoms with van der Waals surface area (Å²) in [5.41, 5.74) is 1.09. The largest absolute Gasteiger partial charge is 0.480 e. The highest BCUT2D eigenvalue weighted by Crippen LogP contribution is 2.28. The van der Waals surface area contributed by atoms with Crippen molar-refractivity contribution >= 4 is 17.9 Å². The molecule has 2 atom stereocenters. The van der Waals surface area contributed by atoms with Crippen molar-refractivity contribution in [1.29, 1.82) is 0 Å². The molecular formula is C23H30N4O6. The van der Waals surface area contributed by atoms with Crippen molar-refractivity contribution in [2.45, 2.75) is 50.9 Å². The highest BCUT2D eigenvalue weighted by atomic mass is 16.4. The van der Waals surface area contributed by atoms with Crippen LogP contribution in [0.5, 0.6) is 0 Å². The Balaban J connectivity index is 1.85. The minimum atomic E-state index is -1.11. The van der Waals surface area contributed by atoms with Gasteiger partial charge in [-0.05, 0) is 18.4 Å². The van der Waals surface area contributed by atoms with Crippen molar-refractivity contribution < 1.29 is 29.7 Å². The number of carboxylic acid groups (broad SMARTS) is 3. The first kappa shape index (κ1) is 24.4. The van der Waals surface area contributed by atoms with E-state index in [1.807, 2.05) is 41.1 Å². The standard InChI is InChI=1S/C23H30N4O6/c28-21(29)14-26(13-20-24-10-11-25(20)12-17-6-2-1-3-7-17)18-8-4-5-9-19(18)27(15-22(30)31)16-23(32)33/h1-3,6-7,10-11,18-19H,4-5,8-9,12-16H2,(H,28,29)(H,30,31)(H,32,33)/t18-,19?/m0/s1. The van der Waals surface area contributed by atoms with Gasteiger partial charge in [-0.3, -0.25) is 24.2 Å². The number of hydrogen-bond donors (Lipinski definition) is 3. The molecular weight excluding hydrogens is 428 g/mol. The first-order valence-corrected chi connectivity index (χ1v) is 11.0. The summed E-state index contributed by atoms with van der Waals surface area (Å²) in [5, 5.41) is 28.2. The molecule has 1 fully saturated rings. The molecule has 10 heteroatoms. The average Bonchev–Trinajstić information content (AvgIpc) is 3.19. The Kier molecular flexibility index (Phi) is 8.56. The number of benzene rings is 1. The molecule has 0 saturated heterocycles. The Morgan fingerprint density at radius 3 is 2.00 bits per heavy atom. The van der Waals surface area contributed by atoms with E-state index in [-0.39, 0.29) is 25.2 Å². The van der Waals surface area contributed by atoms with Crippen LogP contribution >= 0.6 is 0 Å². The lowest BCUT2D eigenvalue weighted by Crippen LogP contribution is -2.56. The van der Waals surface area contributed by atoms with Crippen molar-refractivity contribution in [3.8, 4) is 0 Å². The SMILES string of the molecule is O=C(O)CN(CC(=O)O)C1CCCC[C@@H]1N(CC(=O)O)Cc1nccn1Cc1ccccc1. The smallest absolute Gasteiger partial charge is 0.317 e. The molecule has 0 spiro atoms. The number of nitrogens with zero attached hydrogens (tertiary/aromatic N) is 4. The Labute approximate surface area is 192 Å². The molecule has 33 heavy (non-hydrogen) atoms. The summed E-state index contributed by atoms with van der Waals surface area (Å²) in [6, 6.07) is 9.19. The zero-order valence-corrected chi connectivity index (χ0v) is 18.4. The number of carbonyl (C=O) groups is 3.